The summed E-state index contributed by atoms with van der Waals surface area (Å²) in [7, 11) is -3.43. The van der Waals surface area contributed by atoms with E-state index < -0.39 is 10.0 Å². The Morgan fingerprint density at radius 3 is 2.55 bits per heavy atom. The van der Waals surface area contributed by atoms with Crippen LogP contribution in [0.25, 0.3) is 0 Å². The molecule has 4 nitrogen and oxygen atoms in total. The zero-order valence-electron chi connectivity index (χ0n) is 12.6. The molecule has 0 aromatic heterocycles. The van der Waals surface area contributed by atoms with E-state index in [1.165, 1.54) is 0 Å². The van der Waals surface area contributed by atoms with Crippen LogP contribution in [0.3, 0.4) is 0 Å². The van der Waals surface area contributed by atoms with Gasteiger partial charge in [0.05, 0.1) is 4.90 Å². The Hall–Kier alpha value is -0.910. The van der Waals surface area contributed by atoms with E-state index in [0.29, 0.717) is 23.9 Å². The number of nitrogens with two attached hydrogens (primary N) is 1. The van der Waals surface area contributed by atoms with Gasteiger partial charge in [0.1, 0.15) is 0 Å². The predicted molar refractivity (Wildman–Crippen MR) is 82.9 cm³/mol. The molecule has 0 fully saturated rings. The molecule has 1 aromatic carbocycles. The maximum Gasteiger partial charge on any atom is 0.240 e. The Balaban J connectivity index is 2.64. The van der Waals surface area contributed by atoms with E-state index in [9.17, 15) is 8.42 Å². The van der Waals surface area contributed by atoms with Gasteiger partial charge in [0.25, 0.3) is 0 Å². The quantitative estimate of drug-likeness (QED) is 0.724. The highest BCUT2D eigenvalue weighted by molar-refractivity contribution is 7.89. The summed E-state index contributed by atoms with van der Waals surface area (Å²) in [6, 6.07) is 5.32. The van der Waals surface area contributed by atoms with Gasteiger partial charge < -0.3 is 5.73 Å². The number of unbranched alkanes of at least 4 members (excludes halogenated alkanes) is 1. The normalized spacial score (nSPS) is 12.1. The van der Waals surface area contributed by atoms with Crippen molar-refractivity contribution in [2.24, 2.45) is 11.7 Å². The molecule has 0 atom stereocenters. The van der Waals surface area contributed by atoms with Crippen LogP contribution in [0.2, 0.25) is 0 Å². The molecule has 0 amide bonds. The van der Waals surface area contributed by atoms with Crippen LogP contribution in [-0.4, -0.2) is 15.0 Å². The second-order valence-corrected chi connectivity index (χ2v) is 7.33. The minimum absolute atomic E-state index is 0.337. The van der Waals surface area contributed by atoms with Crippen molar-refractivity contribution in [1.29, 1.82) is 0 Å². The van der Waals surface area contributed by atoms with Crippen LogP contribution < -0.4 is 10.5 Å². The maximum absolute atomic E-state index is 12.3. The summed E-state index contributed by atoms with van der Waals surface area (Å²) >= 11 is 0. The molecule has 0 aliphatic rings. The Bertz CT molecular complexity index is 525. The Kier molecular flexibility index (Phi) is 6.65. The summed E-state index contributed by atoms with van der Waals surface area (Å²) in [5, 5.41) is 0. The first-order valence-corrected chi connectivity index (χ1v) is 8.64. The molecular weight excluding hydrogens is 272 g/mol. The summed E-state index contributed by atoms with van der Waals surface area (Å²) in [5.41, 5.74) is 7.14. The largest absolute Gasteiger partial charge is 0.326 e. The van der Waals surface area contributed by atoms with Crippen molar-refractivity contribution in [3.05, 3.63) is 29.3 Å². The third kappa shape index (κ3) is 5.23. The van der Waals surface area contributed by atoms with Crippen molar-refractivity contribution in [3.8, 4) is 0 Å². The number of hydrogen-bond donors (Lipinski definition) is 2. The van der Waals surface area contributed by atoms with Crippen molar-refractivity contribution in [1.82, 2.24) is 4.72 Å². The zero-order valence-corrected chi connectivity index (χ0v) is 13.5. The highest BCUT2D eigenvalue weighted by atomic mass is 32.2. The van der Waals surface area contributed by atoms with E-state index >= 15 is 0 Å². The van der Waals surface area contributed by atoms with Crippen LogP contribution >= 0.6 is 0 Å². The van der Waals surface area contributed by atoms with Gasteiger partial charge in [0.2, 0.25) is 10.0 Å². The average molecular weight is 298 g/mol. The van der Waals surface area contributed by atoms with Gasteiger partial charge in [-0.2, -0.15) is 0 Å². The lowest BCUT2D eigenvalue weighted by Gasteiger charge is -2.11. The van der Waals surface area contributed by atoms with Gasteiger partial charge in [-0.05, 0) is 36.5 Å². The number of nitrogens with one attached hydrogen (secondary N) is 1. The summed E-state index contributed by atoms with van der Waals surface area (Å²) < 4.78 is 27.2. The minimum Gasteiger partial charge on any atom is -0.326 e. The van der Waals surface area contributed by atoms with Crippen molar-refractivity contribution in [2.75, 3.05) is 6.54 Å². The smallest absolute Gasteiger partial charge is 0.240 e. The van der Waals surface area contributed by atoms with Gasteiger partial charge in [0.15, 0.2) is 0 Å². The maximum atomic E-state index is 12.3. The summed E-state index contributed by atoms with van der Waals surface area (Å²) in [5.74, 6) is 0.662. The fraction of sp³-hybridized carbons (Fsp3) is 0.600. The number of hydrogen-bond acceptors (Lipinski definition) is 3. The highest BCUT2D eigenvalue weighted by Gasteiger charge is 2.16. The number of rotatable bonds is 8. The molecule has 1 rings (SSSR count). The Morgan fingerprint density at radius 2 is 1.95 bits per heavy atom. The number of aryl methyl sites for hydroxylation is 1. The molecule has 0 radical (unpaired) electrons. The topological polar surface area (TPSA) is 72.2 Å². The lowest BCUT2D eigenvalue weighted by molar-refractivity contribution is 0.530. The molecule has 1 aromatic rings. The fourth-order valence-electron chi connectivity index (χ4n) is 2.02. The van der Waals surface area contributed by atoms with Crippen LogP contribution in [0, 0.1) is 12.8 Å². The number of benzene rings is 1. The molecule has 0 aliphatic heterocycles. The lowest BCUT2D eigenvalue weighted by atomic mass is 10.1. The minimum atomic E-state index is -3.43. The van der Waals surface area contributed by atoms with Gasteiger partial charge >= 0.3 is 0 Å². The second kappa shape index (κ2) is 7.76. The molecule has 0 spiro atoms. The molecule has 114 valence electrons. The summed E-state index contributed by atoms with van der Waals surface area (Å²) in [6.45, 7) is 6.98. The van der Waals surface area contributed by atoms with E-state index in [2.05, 4.69) is 18.6 Å². The summed E-state index contributed by atoms with van der Waals surface area (Å²) in [6.07, 6.45) is 3.04. The standard InChI is InChI=1S/C15H26N2O2S/c1-12(2)6-4-5-9-17-20(18,19)15-10-14(11-16)8-7-13(15)3/h7-8,10,12,17H,4-6,9,11,16H2,1-3H3. The van der Waals surface area contributed by atoms with Gasteiger partial charge in [-0.15, -0.1) is 0 Å². The third-order valence-corrected chi connectivity index (χ3v) is 4.88. The summed E-state index contributed by atoms with van der Waals surface area (Å²) in [4.78, 5) is 0.337. The van der Waals surface area contributed by atoms with Crippen LogP contribution in [0.1, 0.15) is 44.2 Å². The average Bonchev–Trinajstić information content (AvgIpc) is 2.38. The van der Waals surface area contributed by atoms with E-state index in [0.717, 1.165) is 30.4 Å². The van der Waals surface area contributed by atoms with E-state index in [1.807, 2.05) is 6.07 Å². The first-order chi connectivity index (χ1) is 9.36. The van der Waals surface area contributed by atoms with Gasteiger partial charge in [-0.3, -0.25) is 0 Å². The first-order valence-electron chi connectivity index (χ1n) is 7.16. The SMILES string of the molecule is Cc1ccc(CN)cc1S(=O)(=O)NCCCCC(C)C. The molecule has 0 heterocycles. The molecule has 0 saturated heterocycles. The van der Waals surface area contributed by atoms with Gasteiger partial charge in [-0.25, -0.2) is 13.1 Å². The molecule has 0 unspecified atom stereocenters. The molecule has 0 aliphatic carbocycles. The monoisotopic (exact) mass is 298 g/mol. The second-order valence-electron chi connectivity index (χ2n) is 5.59. The van der Waals surface area contributed by atoms with Crippen molar-refractivity contribution >= 4 is 10.0 Å². The van der Waals surface area contributed by atoms with Gasteiger partial charge in [0, 0.05) is 13.1 Å². The Labute approximate surface area is 122 Å². The third-order valence-electron chi connectivity index (χ3n) is 3.28. The highest BCUT2D eigenvalue weighted by Crippen LogP contribution is 2.17. The van der Waals surface area contributed by atoms with Crippen molar-refractivity contribution < 1.29 is 8.42 Å². The van der Waals surface area contributed by atoms with E-state index in [4.69, 9.17) is 5.73 Å². The van der Waals surface area contributed by atoms with Crippen molar-refractivity contribution in [3.63, 3.8) is 0 Å². The first kappa shape index (κ1) is 17.1. The van der Waals surface area contributed by atoms with E-state index in [1.54, 1.807) is 19.1 Å². The van der Waals surface area contributed by atoms with Crippen LogP contribution in [0.4, 0.5) is 0 Å². The van der Waals surface area contributed by atoms with Crippen LogP contribution in [0.5, 0.6) is 0 Å². The molecule has 3 N–H and O–H groups in total. The Morgan fingerprint density at radius 1 is 1.25 bits per heavy atom. The molecule has 0 bridgehead atoms. The lowest BCUT2D eigenvalue weighted by Crippen LogP contribution is -2.25. The zero-order chi connectivity index (χ0) is 15.2. The van der Waals surface area contributed by atoms with Gasteiger partial charge in [-0.1, -0.05) is 38.8 Å². The fourth-order valence-corrected chi connectivity index (χ4v) is 3.39. The molecular formula is C15H26N2O2S. The molecule has 0 saturated carbocycles. The van der Waals surface area contributed by atoms with Crippen LogP contribution in [-0.2, 0) is 16.6 Å². The van der Waals surface area contributed by atoms with Crippen molar-refractivity contribution in [2.45, 2.75) is 51.5 Å². The molecule has 5 heteroatoms. The van der Waals surface area contributed by atoms with Crippen LogP contribution in [0.15, 0.2) is 23.1 Å². The predicted octanol–water partition coefficient (Wildman–Crippen LogP) is 2.56. The molecule has 20 heavy (non-hydrogen) atoms. The van der Waals surface area contributed by atoms with E-state index in [-0.39, 0.29) is 0 Å². The number of sulfonamides is 1.